The molecule has 0 fully saturated rings. The third kappa shape index (κ3) is 2.81. The van der Waals surface area contributed by atoms with Gasteiger partial charge in [0.25, 0.3) is 0 Å². The van der Waals surface area contributed by atoms with Gasteiger partial charge in [0.05, 0.1) is 5.69 Å². The minimum Gasteiger partial charge on any atom is -0.384 e. The van der Waals surface area contributed by atoms with Gasteiger partial charge >= 0.3 is 0 Å². The maximum Gasteiger partial charge on any atom is 0.159 e. The molecule has 0 spiro atoms. The van der Waals surface area contributed by atoms with Crippen molar-refractivity contribution in [3.8, 4) is 0 Å². The van der Waals surface area contributed by atoms with Gasteiger partial charge in [-0.2, -0.15) is 5.10 Å². The fraction of sp³-hybridized carbons (Fsp3) is 0.727. The first-order valence-electron chi connectivity index (χ1n) is 5.35. The van der Waals surface area contributed by atoms with Gasteiger partial charge in [0, 0.05) is 33.4 Å². The summed E-state index contributed by atoms with van der Waals surface area (Å²) in [7, 11) is 3.11. The van der Waals surface area contributed by atoms with Gasteiger partial charge < -0.3 is 14.6 Å². The van der Waals surface area contributed by atoms with Crippen LogP contribution >= 0.6 is 0 Å². The number of aliphatic hydroxyl groups is 1. The first kappa shape index (κ1) is 13.2. The first-order valence-corrected chi connectivity index (χ1v) is 5.35. The van der Waals surface area contributed by atoms with Gasteiger partial charge in [-0.1, -0.05) is 0 Å². The zero-order valence-corrected chi connectivity index (χ0v) is 10.3. The van der Waals surface area contributed by atoms with E-state index in [4.69, 9.17) is 9.47 Å². The van der Waals surface area contributed by atoms with E-state index in [2.05, 4.69) is 5.10 Å². The van der Waals surface area contributed by atoms with Gasteiger partial charge in [-0.25, -0.2) is 0 Å². The first-order chi connectivity index (χ1) is 7.55. The summed E-state index contributed by atoms with van der Waals surface area (Å²) in [5, 5.41) is 14.5. The van der Waals surface area contributed by atoms with Crippen LogP contribution in [0, 0.1) is 0 Å². The van der Waals surface area contributed by atoms with Gasteiger partial charge in [0.2, 0.25) is 0 Å². The molecule has 1 rings (SSSR count). The topological polar surface area (TPSA) is 56.5 Å². The number of hydrogen-bond acceptors (Lipinski definition) is 4. The number of rotatable bonds is 6. The molecule has 0 aromatic carbocycles. The lowest BCUT2D eigenvalue weighted by Crippen LogP contribution is -2.32. The second-order valence-corrected chi connectivity index (χ2v) is 3.91. The Morgan fingerprint density at radius 3 is 2.62 bits per heavy atom. The summed E-state index contributed by atoms with van der Waals surface area (Å²) in [6.07, 6.45) is 1.63. The van der Waals surface area contributed by atoms with Crippen LogP contribution in [0.5, 0.6) is 0 Å². The SMILES string of the molecule is CCn1nccc1C(C)(O)CC(OC)OC. The third-order valence-corrected chi connectivity index (χ3v) is 2.66. The fourth-order valence-corrected chi connectivity index (χ4v) is 1.73. The lowest BCUT2D eigenvalue weighted by molar-refractivity contribution is -0.143. The molecule has 0 radical (unpaired) electrons. The lowest BCUT2D eigenvalue weighted by Gasteiger charge is -2.27. The van der Waals surface area contributed by atoms with Crippen molar-refractivity contribution in [1.82, 2.24) is 9.78 Å². The van der Waals surface area contributed by atoms with Crippen molar-refractivity contribution in [3.63, 3.8) is 0 Å². The number of hydrogen-bond donors (Lipinski definition) is 1. The van der Waals surface area contributed by atoms with Gasteiger partial charge in [-0.15, -0.1) is 0 Å². The Balaban J connectivity index is 2.84. The number of methoxy groups -OCH3 is 2. The molecular formula is C11H20N2O3. The predicted octanol–water partition coefficient (Wildman–Crippen LogP) is 1.12. The van der Waals surface area contributed by atoms with Crippen LogP contribution in [0.3, 0.4) is 0 Å². The van der Waals surface area contributed by atoms with Gasteiger partial charge in [-0.05, 0) is 19.9 Å². The van der Waals surface area contributed by atoms with E-state index >= 15 is 0 Å². The van der Waals surface area contributed by atoms with Crippen LogP contribution in [-0.2, 0) is 21.6 Å². The Morgan fingerprint density at radius 1 is 1.50 bits per heavy atom. The zero-order valence-electron chi connectivity index (χ0n) is 10.3. The Hall–Kier alpha value is -0.910. The van der Waals surface area contributed by atoms with E-state index in [9.17, 15) is 5.11 Å². The Kier molecular flexibility index (Phi) is 4.46. The standard InChI is InChI=1S/C11H20N2O3/c1-5-13-9(6-7-12-13)11(2,14)8-10(15-3)16-4/h6-7,10,14H,5,8H2,1-4H3. The van der Waals surface area contributed by atoms with Crippen LogP contribution in [0.2, 0.25) is 0 Å². The van der Waals surface area contributed by atoms with E-state index in [-0.39, 0.29) is 0 Å². The molecule has 1 atom stereocenters. The molecule has 1 heterocycles. The van der Waals surface area contributed by atoms with Crippen molar-refractivity contribution in [1.29, 1.82) is 0 Å². The average molecular weight is 228 g/mol. The summed E-state index contributed by atoms with van der Waals surface area (Å²) in [5.74, 6) is 0. The fourth-order valence-electron chi connectivity index (χ4n) is 1.73. The van der Waals surface area contributed by atoms with Crippen LogP contribution < -0.4 is 0 Å². The van der Waals surface area contributed by atoms with Crippen LogP contribution in [0.4, 0.5) is 0 Å². The molecule has 1 aromatic heterocycles. The quantitative estimate of drug-likeness (QED) is 0.741. The highest BCUT2D eigenvalue weighted by Gasteiger charge is 2.30. The third-order valence-electron chi connectivity index (χ3n) is 2.66. The predicted molar refractivity (Wildman–Crippen MR) is 59.9 cm³/mol. The van der Waals surface area contributed by atoms with E-state index in [1.165, 1.54) is 0 Å². The molecular weight excluding hydrogens is 208 g/mol. The summed E-state index contributed by atoms with van der Waals surface area (Å²) in [5.41, 5.74) is -0.238. The maximum absolute atomic E-state index is 10.4. The monoisotopic (exact) mass is 228 g/mol. The molecule has 0 aliphatic heterocycles. The average Bonchev–Trinajstić information content (AvgIpc) is 2.74. The molecule has 16 heavy (non-hydrogen) atoms. The number of ether oxygens (including phenoxy) is 2. The Bertz CT molecular complexity index is 319. The van der Waals surface area contributed by atoms with Gasteiger partial charge in [0.1, 0.15) is 5.60 Å². The molecule has 0 aliphatic rings. The molecule has 0 bridgehead atoms. The normalized spacial score (nSPS) is 15.4. The molecule has 1 N–H and O–H groups in total. The zero-order chi connectivity index (χ0) is 12.2. The smallest absolute Gasteiger partial charge is 0.159 e. The van der Waals surface area contributed by atoms with E-state index < -0.39 is 11.9 Å². The molecule has 5 heteroatoms. The number of aromatic nitrogens is 2. The van der Waals surface area contributed by atoms with Gasteiger partial charge in [0.15, 0.2) is 6.29 Å². The molecule has 0 amide bonds. The molecule has 0 saturated carbocycles. The highest BCUT2D eigenvalue weighted by Crippen LogP contribution is 2.26. The second kappa shape index (κ2) is 5.43. The summed E-state index contributed by atoms with van der Waals surface area (Å²) in [6, 6.07) is 1.81. The van der Waals surface area contributed by atoms with E-state index in [1.807, 2.05) is 13.0 Å². The molecule has 1 unspecified atom stereocenters. The van der Waals surface area contributed by atoms with Crippen LogP contribution in [0.15, 0.2) is 12.3 Å². The number of aryl methyl sites for hydroxylation is 1. The van der Waals surface area contributed by atoms with Crippen molar-refractivity contribution in [2.24, 2.45) is 0 Å². The molecule has 5 nitrogen and oxygen atoms in total. The highest BCUT2D eigenvalue weighted by molar-refractivity contribution is 5.10. The van der Waals surface area contributed by atoms with Crippen LogP contribution in [0.25, 0.3) is 0 Å². The van der Waals surface area contributed by atoms with Gasteiger partial charge in [-0.3, -0.25) is 4.68 Å². The summed E-state index contributed by atoms with van der Waals surface area (Å²) < 4.78 is 12.0. The molecule has 92 valence electrons. The van der Waals surface area contributed by atoms with E-state index in [1.54, 1.807) is 32.0 Å². The summed E-state index contributed by atoms with van der Waals surface area (Å²) >= 11 is 0. The van der Waals surface area contributed by atoms with Crippen molar-refractivity contribution in [2.75, 3.05) is 14.2 Å². The van der Waals surface area contributed by atoms with Crippen LogP contribution in [-0.4, -0.2) is 35.4 Å². The van der Waals surface area contributed by atoms with E-state index in [0.29, 0.717) is 6.42 Å². The largest absolute Gasteiger partial charge is 0.384 e. The minimum atomic E-state index is -1.01. The van der Waals surface area contributed by atoms with Crippen molar-refractivity contribution in [3.05, 3.63) is 18.0 Å². The summed E-state index contributed by atoms with van der Waals surface area (Å²) in [6.45, 7) is 4.45. The molecule has 0 saturated heterocycles. The number of nitrogens with zero attached hydrogens (tertiary/aromatic N) is 2. The highest BCUT2D eigenvalue weighted by atomic mass is 16.7. The van der Waals surface area contributed by atoms with E-state index in [0.717, 1.165) is 12.2 Å². The van der Waals surface area contributed by atoms with Crippen molar-refractivity contribution >= 4 is 0 Å². The van der Waals surface area contributed by atoms with Crippen molar-refractivity contribution in [2.45, 2.75) is 38.7 Å². The maximum atomic E-state index is 10.4. The van der Waals surface area contributed by atoms with Crippen LogP contribution in [0.1, 0.15) is 26.0 Å². The second-order valence-electron chi connectivity index (χ2n) is 3.91. The van der Waals surface area contributed by atoms with Crippen molar-refractivity contribution < 1.29 is 14.6 Å². The Labute approximate surface area is 96.0 Å². The minimum absolute atomic E-state index is 0.367. The lowest BCUT2D eigenvalue weighted by atomic mass is 9.97. The molecule has 0 aliphatic carbocycles. The Morgan fingerprint density at radius 2 is 2.12 bits per heavy atom. The molecule has 1 aromatic rings. The summed E-state index contributed by atoms with van der Waals surface area (Å²) in [4.78, 5) is 0.